The lowest BCUT2D eigenvalue weighted by atomic mass is 9.90. The number of hydrogen-bond donors (Lipinski definition) is 2. The molecule has 2 aromatic rings. The Balaban J connectivity index is 1.92. The van der Waals surface area contributed by atoms with Gasteiger partial charge in [0.1, 0.15) is 0 Å². The first kappa shape index (κ1) is 18.2. The number of carbonyl (C=O) groups is 2. The largest absolute Gasteiger partial charge is 0.493 e. The smallest absolute Gasteiger partial charge is 0.276 e. The van der Waals surface area contributed by atoms with E-state index in [4.69, 9.17) is 9.47 Å². The Kier molecular flexibility index (Phi) is 3.99. The Morgan fingerprint density at radius 3 is 2.32 bits per heavy atom. The third-order valence-electron chi connectivity index (χ3n) is 5.55. The summed E-state index contributed by atoms with van der Waals surface area (Å²) in [7, 11) is 4.68. The summed E-state index contributed by atoms with van der Waals surface area (Å²) in [4.78, 5) is 27.8. The second kappa shape index (κ2) is 6.15. The fraction of sp³-hybridized carbons (Fsp3) is 0.333. The van der Waals surface area contributed by atoms with Crippen molar-refractivity contribution < 1.29 is 19.1 Å². The summed E-state index contributed by atoms with van der Waals surface area (Å²) < 4.78 is 10.7. The van der Waals surface area contributed by atoms with Crippen LogP contribution in [-0.2, 0) is 10.5 Å². The lowest BCUT2D eigenvalue weighted by Gasteiger charge is -2.42. The standard InChI is InChI=1S/C21H23N3O4/c1-11(2)12-6-7-15-14(8-12)21(20(26)22-15)23-16-10-18(28-5)17(27-4)9-13(16)19(25)24(21)3/h6-11,23H,1-5H3,(H,22,26)/t21-/m1/s1. The van der Waals surface area contributed by atoms with Crippen molar-refractivity contribution in [2.75, 3.05) is 31.9 Å². The minimum absolute atomic E-state index is 0.271. The zero-order chi connectivity index (χ0) is 20.2. The summed E-state index contributed by atoms with van der Waals surface area (Å²) in [6.07, 6.45) is 0. The summed E-state index contributed by atoms with van der Waals surface area (Å²) in [6.45, 7) is 4.18. The van der Waals surface area contributed by atoms with Crippen LogP contribution in [0, 0.1) is 0 Å². The molecule has 1 spiro atoms. The fourth-order valence-electron chi connectivity index (χ4n) is 3.89. The first-order valence-electron chi connectivity index (χ1n) is 9.11. The van der Waals surface area contributed by atoms with Crippen molar-refractivity contribution in [1.82, 2.24) is 4.90 Å². The van der Waals surface area contributed by atoms with E-state index in [0.29, 0.717) is 34.4 Å². The molecule has 0 bridgehead atoms. The highest BCUT2D eigenvalue weighted by molar-refractivity contribution is 6.14. The van der Waals surface area contributed by atoms with Gasteiger partial charge in [0, 0.05) is 24.4 Å². The van der Waals surface area contributed by atoms with Gasteiger partial charge in [-0.05, 0) is 29.7 Å². The van der Waals surface area contributed by atoms with E-state index in [1.807, 2.05) is 18.2 Å². The van der Waals surface area contributed by atoms with Gasteiger partial charge in [-0.1, -0.05) is 19.9 Å². The number of fused-ring (bicyclic) bond motifs is 3. The van der Waals surface area contributed by atoms with Gasteiger partial charge < -0.3 is 25.0 Å². The van der Waals surface area contributed by atoms with Crippen molar-refractivity contribution in [3.8, 4) is 11.5 Å². The van der Waals surface area contributed by atoms with Crippen LogP contribution in [0.5, 0.6) is 11.5 Å². The molecule has 1 atom stereocenters. The van der Waals surface area contributed by atoms with Crippen molar-refractivity contribution >= 4 is 23.2 Å². The number of likely N-dealkylation sites (N-methyl/N-ethyl adjacent to an activating group) is 1. The molecule has 0 fully saturated rings. The number of nitrogens with one attached hydrogen (secondary N) is 2. The van der Waals surface area contributed by atoms with Gasteiger partial charge in [0.15, 0.2) is 11.5 Å². The van der Waals surface area contributed by atoms with Crippen LogP contribution >= 0.6 is 0 Å². The minimum Gasteiger partial charge on any atom is -0.493 e. The molecule has 4 rings (SSSR count). The zero-order valence-electron chi connectivity index (χ0n) is 16.5. The van der Waals surface area contributed by atoms with Crippen molar-refractivity contribution in [3.63, 3.8) is 0 Å². The van der Waals surface area contributed by atoms with E-state index in [0.717, 1.165) is 11.1 Å². The van der Waals surface area contributed by atoms with Crippen LogP contribution in [0.25, 0.3) is 0 Å². The molecule has 7 nitrogen and oxygen atoms in total. The molecule has 2 aliphatic heterocycles. The average molecular weight is 381 g/mol. The number of benzene rings is 2. The SMILES string of the molecule is COc1cc2c(cc1OC)C(=O)N(C)[C@@]1(N2)C(=O)Nc2ccc(C(C)C)cc21. The maximum Gasteiger partial charge on any atom is 0.276 e. The van der Waals surface area contributed by atoms with Crippen LogP contribution < -0.4 is 20.1 Å². The molecule has 0 saturated heterocycles. The first-order chi connectivity index (χ1) is 13.3. The van der Waals surface area contributed by atoms with Crippen molar-refractivity contribution in [2.45, 2.75) is 25.4 Å². The number of amides is 2. The molecule has 7 heteroatoms. The van der Waals surface area contributed by atoms with Crippen molar-refractivity contribution in [2.24, 2.45) is 0 Å². The number of nitrogens with zero attached hydrogens (tertiary/aromatic N) is 1. The third-order valence-corrected chi connectivity index (χ3v) is 5.55. The molecule has 28 heavy (non-hydrogen) atoms. The Morgan fingerprint density at radius 2 is 1.68 bits per heavy atom. The van der Waals surface area contributed by atoms with E-state index in [-0.39, 0.29) is 11.8 Å². The molecule has 146 valence electrons. The minimum atomic E-state index is -1.32. The number of methoxy groups -OCH3 is 2. The quantitative estimate of drug-likeness (QED) is 0.854. The van der Waals surface area contributed by atoms with E-state index in [1.54, 1.807) is 19.2 Å². The summed E-state index contributed by atoms with van der Waals surface area (Å²) in [5.74, 6) is 0.668. The van der Waals surface area contributed by atoms with E-state index < -0.39 is 5.66 Å². The Labute approximate surface area is 163 Å². The Bertz CT molecular complexity index is 1000. The molecule has 2 amide bonds. The highest BCUT2D eigenvalue weighted by Gasteiger charge is 2.55. The average Bonchev–Trinajstić information content (AvgIpc) is 2.96. The molecule has 0 unspecified atom stereocenters. The monoisotopic (exact) mass is 381 g/mol. The summed E-state index contributed by atoms with van der Waals surface area (Å²) in [5, 5.41) is 6.21. The van der Waals surface area contributed by atoms with Crippen molar-refractivity contribution in [3.05, 3.63) is 47.0 Å². The van der Waals surface area contributed by atoms with Crippen LogP contribution in [-0.4, -0.2) is 38.0 Å². The van der Waals surface area contributed by atoms with E-state index in [9.17, 15) is 9.59 Å². The first-order valence-corrected chi connectivity index (χ1v) is 9.11. The van der Waals surface area contributed by atoms with Gasteiger partial charge in [0.2, 0.25) is 5.66 Å². The van der Waals surface area contributed by atoms with Gasteiger partial charge >= 0.3 is 0 Å². The number of carbonyl (C=O) groups excluding carboxylic acids is 2. The second-order valence-electron chi connectivity index (χ2n) is 7.37. The maximum absolute atomic E-state index is 13.2. The number of hydrogen-bond acceptors (Lipinski definition) is 5. The van der Waals surface area contributed by atoms with Crippen LogP contribution in [0.3, 0.4) is 0 Å². The highest BCUT2D eigenvalue weighted by Crippen LogP contribution is 2.47. The molecule has 2 heterocycles. The predicted octanol–water partition coefficient (Wildman–Crippen LogP) is 3.13. The van der Waals surface area contributed by atoms with Gasteiger partial charge in [-0.3, -0.25) is 9.59 Å². The van der Waals surface area contributed by atoms with Crippen LogP contribution in [0.15, 0.2) is 30.3 Å². The Morgan fingerprint density at radius 1 is 1.00 bits per heavy atom. The number of anilines is 2. The summed E-state index contributed by atoms with van der Waals surface area (Å²) >= 11 is 0. The van der Waals surface area contributed by atoms with Crippen molar-refractivity contribution in [1.29, 1.82) is 0 Å². The second-order valence-corrected chi connectivity index (χ2v) is 7.37. The highest BCUT2D eigenvalue weighted by atomic mass is 16.5. The van der Waals surface area contributed by atoms with Crippen LogP contribution in [0.4, 0.5) is 11.4 Å². The van der Waals surface area contributed by atoms with E-state index in [1.165, 1.54) is 19.1 Å². The van der Waals surface area contributed by atoms with Gasteiger partial charge in [0.25, 0.3) is 11.8 Å². The normalized spacial score (nSPS) is 20.0. The van der Waals surface area contributed by atoms with Gasteiger partial charge in [0.05, 0.1) is 25.5 Å². The summed E-state index contributed by atoms with van der Waals surface area (Å²) in [5.41, 5.74) is 2.16. The lowest BCUT2D eigenvalue weighted by Crippen LogP contribution is -2.59. The topological polar surface area (TPSA) is 79.9 Å². The molecule has 0 saturated carbocycles. The molecule has 0 aromatic heterocycles. The van der Waals surface area contributed by atoms with Crippen LogP contribution in [0.2, 0.25) is 0 Å². The molecular weight excluding hydrogens is 358 g/mol. The van der Waals surface area contributed by atoms with Gasteiger partial charge in [-0.15, -0.1) is 0 Å². The number of ether oxygens (including phenoxy) is 2. The van der Waals surface area contributed by atoms with Crippen LogP contribution in [0.1, 0.15) is 41.3 Å². The third kappa shape index (κ3) is 2.28. The molecule has 0 aliphatic carbocycles. The Hall–Kier alpha value is -3.22. The molecule has 0 radical (unpaired) electrons. The fourth-order valence-corrected chi connectivity index (χ4v) is 3.89. The molecule has 2 aromatic carbocycles. The lowest BCUT2D eigenvalue weighted by molar-refractivity contribution is -0.124. The molecule has 2 aliphatic rings. The number of rotatable bonds is 3. The van der Waals surface area contributed by atoms with Gasteiger partial charge in [-0.2, -0.15) is 0 Å². The predicted molar refractivity (Wildman–Crippen MR) is 106 cm³/mol. The zero-order valence-corrected chi connectivity index (χ0v) is 16.5. The molecule has 2 N–H and O–H groups in total. The molecular formula is C21H23N3O4. The van der Waals surface area contributed by atoms with Gasteiger partial charge in [-0.25, -0.2) is 0 Å². The maximum atomic E-state index is 13.2. The van der Waals surface area contributed by atoms with E-state index >= 15 is 0 Å². The van der Waals surface area contributed by atoms with E-state index in [2.05, 4.69) is 24.5 Å². The summed E-state index contributed by atoms with van der Waals surface area (Å²) in [6, 6.07) is 9.20.